The Labute approximate surface area is 80.4 Å². The fourth-order valence-corrected chi connectivity index (χ4v) is 1.02. The fraction of sp³-hybridized carbons (Fsp3) is 0.222. The van der Waals surface area contributed by atoms with E-state index in [1.165, 1.54) is 0 Å². The molecule has 0 unspecified atom stereocenters. The average Bonchev–Trinajstić information content (AvgIpc) is 2.08. The van der Waals surface area contributed by atoms with E-state index >= 15 is 0 Å². The van der Waals surface area contributed by atoms with E-state index in [1.807, 2.05) is 13.8 Å². The Bertz CT molecular complexity index is 258. The third kappa shape index (κ3) is 3.53. The number of rotatable bonds is 1. The molecule has 0 radical (unpaired) electrons. The predicted molar refractivity (Wildman–Crippen MR) is 52.4 cm³/mol. The minimum atomic E-state index is -0.902. The topological polar surface area (TPSA) is 37.3 Å². The van der Waals surface area contributed by atoms with Crippen LogP contribution in [0.1, 0.15) is 24.2 Å². The van der Waals surface area contributed by atoms with Crippen molar-refractivity contribution in [3.8, 4) is 0 Å². The molecule has 0 atom stereocenters. The first kappa shape index (κ1) is 11.2. The van der Waals surface area contributed by atoms with Gasteiger partial charge in [0.1, 0.15) is 0 Å². The van der Waals surface area contributed by atoms with Crippen molar-refractivity contribution in [1.29, 1.82) is 0 Å². The maximum atomic E-state index is 10.3. The van der Waals surface area contributed by atoms with Crippen LogP contribution in [0.5, 0.6) is 0 Å². The molecule has 0 fully saturated rings. The summed E-state index contributed by atoms with van der Waals surface area (Å²) in [5, 5.41) is 8.49. The molecule has 1 rings (SSSR count). The SMILES string of the molecule is CC.O=C(O)c1cccc(Br)c1. The standard InChI is InChI=1S/C7H5BrO2.C2H6/c8-6-3-1-2-5(4-6)7(9)10;1-2/h1-4H,(H,9,10);1-2H3. The van der Waals surface area contributed by atoms with Crippen LogP contribution in [0.4, 0.5) is 0 Å². The van der Waals surface area contributed by atoms with E-state index < -0.39 is 5.97 Å². The van der Waals surface area contributed by atoms with Gasteiger partial charge in [-0.3, -0.25) is 0 Å². The molecule has 0 bridgehead atoms. The summed E-state index contributed by atoms with van der Waals surface area (Å²) in [5.41, 5.74) is 0.300. The van der Waals surface area contributed by atoms with Gasteiger partial charge < -0.3 is 5.11 Å². The number of benzene rings is 1. The predicted octanol–water partition coefficient (Wildman–Crippen LogP) is 3.17. The van der Waals surface area contributed by atoms with E-state index in [9.17, 15) is 4.79 Å². The van der Waals surface area contributed by atoms with Gasteiger partial charge in [-0.2, -0.15) is 0 Å². The lowest BCUT2D eigenvalue weighted by atomic mass is 10.2. The summed E-state index contributed by atoms with van der Waals surface area (Å²) >= 11 is 3.17. The minimum Gasteiger partial charge on any atom is -0.478 e. The molecule has 0 aliphatic rings. The molecule has 0 amide bonds. The highest BCUT2D eigenvalue weighted by Crippen LogP contribution is 2.10. The summed E-state index contributed by atoms with van der Waals surface area (Å²) < 4.78 is 0.785. The quantitative estimate of drug-likeness (QED) is 0.805. The summed E-state index contributed by atoms with van der Waals surface area (Å²) in [4.78, 5) is 10.3. The van der Waals surface area contributed by atoms with Gasteiger partial charge in [-0.05, 0) is 18.2 Å². The average molecular weight is 231 g/mol. The largest absolute Gasteiger partial charge is 0.478 e. The van der Waals surface area contributed by atoms with Gasteiger partial charge in [0, 0.05) is 4.47 Å². The van der Waals surface area contributed by atoms with E-state index in [-0.39, 0.29) is 0 Å². The van der Waals surface area contributed by atoms with Crippen LogP contribution in [0.3, 0.4) is 0 Å². The Hall–Kier alpha value is -0.830. The summed E-state index contributed by atoms with van der Waals surface area (Å²) in [5.74, 6) is -0.902. The van der Waals surface area contributed by atoms with E-state index in [4.69, 9.17) is 5.11 Å². The van der Waals surface area contributed by atoms with Crippen LogP contribution in [0.25, 0.3) is 0 Å². The zero-order valence-corrected chi connectivity index (χ0v) is 8.63. The van der Waals surface area contributed by atoms with Gasteiger partial charge in [-0.15, -0.1) is 0 Å². The van der Waals surface area contributed by atoms with Gasteiger partial charge >= 0.3 is 5.97 Å². The molecular formula is C9H11BrO2. The Morgan fingerprint density at radius 3 is 2.33 bits per heavy atom. The molecule has 3 heteroatoms. The Morgan fingerprint density at radius 1 is 1.42 bits per heavy atom. The molecule has 0 saturated heterocycles. The Kier molecular flexibility index (Phi) is 5.37. The normalized spacial score (nSPS) is 8.25. The molecule has 66 valence electrons. The summed E-state index contributed by atoms with van der Waals surface area (Å²) in [6.07, 6.45) is 0. The van der Waals surface area contributed by atoms with Crippen LogP contribution in [0, 0.1) is 0 Å². The van der Waals surface area contributed by atoms with Gasteiger partial charge in [-0.25, -0.2) is 4.79 Å². The monoisotopic (exact) mass is 230 g/mol. The summed E-state index contributed by atoms with van der Waals surface area (Å²) in [7, 11) is 0. The fourth-order valence-electron chi connectivity index (χ4n) is 0.622. The van der Waals surface area contributed by atoms with E-state index in [1.54, 1.807) is 24.3 Å². The van der Waals surface area contributed by atoms with Crippen LogP contribution < -0.4 is 0 Å². The van der Waals surface area contributed by atoms with Crippen LogP contribution in [-0.4, -0.2) is 11.1 Å². The van der Waals surface area contributed by atoms with Crippen LogP contribution in [-0.2, 0) is 0 Å². The van der Waals surface area contributed by atoms with Gasteiger partial charge in [0.15, 0.2) is 0 Å². The number of carbonyl (C=O) groups is 1. The molecule has 0 aliphatic heterocycles. The van der Waals surface area contributed by atoms with Crippen molar-refractivity contribution in [2.75, 3.05) is 0 Å². The molecule has 1 aromatic rings. The lowest BCUT2D eigenvalue weighted by Crippen LogP contribution is -1.94. The number of carboxylic acid groups (broad SMARTS) is 1. The third-order valence-electron chi connectivity index (χ3n) is 1.07. The van der Waals surface area contributed by atoms with Crippen LogP contribution in [0.15, 0.2) is 28.7 Å². The van der Waals surface area contributed by atoms with Gasteiger partial charge in [-0.1, -0.05) is 35.8 Å². The molecule has 0 saturated carbocycles. The van der Waals surface area contributed by atoms with Crippen molar-refractivity contribution in [2.24, 2.45) is 0 Å². The molecule has 1 N–H and O–H groups in total. The second-order valence-corrected chi connectivity index (χ2v) is 2.73. The Morgan fingerprint density at radius 2 is 2.00 bits per heavy atom. The van der Waals surface area contributed by atoms with Crippen molar-refractivity contribution in [1.82, 2.24) is 0 Å². The molecule has 0 spiro atoms. The van der Waals surface area contributed by atoms with E-state index in [0.717, 1.165) is 4.47 Å². The number of hydrogen-bond acceptors (Lipinski definition) is 1. The summed E-state index contributed by atoms with van der Waals surface area (Å²) in [6.45, 7) is 4.00. The van der Waals surface area contributed by atoms with E-state index in [0.29, 0.717) is 5.56 Å². The summed E-state index contributed by atoms with van der Waals surface area (Å²) in [6, 6.07) is 6.58. The number of carboxylic acids is 1. The van der Waals surface area contributed by atoms with Gasteiger partial charge in [0.2, 0.25) is 0 Å². The zero-order valence-electron chi connectivity index (χ0n) is 7.04. The number of aromatic carboxylic acids is 1. The number of halogens is 1. The zero-order chi connectivity index (χ0) is 9.56. The van der Waals surface area contributed by atoms with E-state index in [2.05, 4.69) is 15.9 Å². The van der Waals surface area contributed by atoms with Crippen molar-refractivity contribution in [3.63, 3.8) is 0 Å². The third-order valence-corrected chi connectivity index (χ3v) is 1.56. The lowest BCUT2D eigenvalue weighted by Gasteiger charge is -1.92. The first-order valence-electron chi connectivity index (χ1n) is 3.69. The van der Waals surface area contributed by atoms with Crippen LogP contribution >= 0.6 is 15.9 Å². The molecular weight excluding hydrogens is 220 g/mol. The van der Waals surface area contributed by atoms with Gasteiger partial charge in [0.25, 0.3) is 0 Å². The number of hydrogen-bond donors (Lipinski definition) is 1. The highest BCUT2D eigenvalue weighted by Gasteiger charge is 1.99. The molecule has 0 aliphatic carbocycles. The Balaban J connectivity index is 0.000000561. The molecule has 0 aromatic heterocycles. The second-order valence-electron chi connectivity index (χ2n) is 1.82. The molecule has 1 aromatic carbocycles. The highest BCUT2D eigenvalue weighted by molar-refractivity contribution is 9.10. The molecule has 0 heterocycles. The highest BCUT2D eigenvalue weighted by atomic mass is 79.9. The smallest absolute Gasteiger partial charge is 0.335 e. The maximum Gasteiger partial charge on any atom is 0.335 e. The van der Waals surface area contributed by atoms with Crippen molar-refractivity contribution in [3.05, 3.63) is 34.3 Å². The second kappa shape index (κ2) is 5.77. The maximum absolute atomic E-state index is 10.3. The van der Waals surface area contributed by atoms with Crippen molar-refractivity contribution in [2.45, 2.75) is 13.8 Å². The minimum absolute atomic E-state index is 0.300. The van der Waals surface area contributed by atoms with Crippen LogP contribution in [0.2, 0.25) is 0 Å². The van der Waals surface area contributed by atoms with Crippen molar-refractivity contribution >= 4 is 21.9 Å². The first-order valence-corrected chi connectivity index (χ1v) is 4.48. The van der Waals surface area contributed by atoms with Gasteiger partial charge in [0.05, 0.1) is 5.56 Å². The lowest BCUT2D eigenvalue weighted by molar-refractivity contribution is 0.0697. The molecule has 2 nitrogen and oxygen atoms in total. The van der Waals surface area contributed by atoms with Crippen molar-refractivity contribution < 1.29 is 9.90 Å². The molecule has 12 heavy (non-hydrogen) atoms. The first-order chi connectivity index (χ1) is 5.70.